The monoisotopic (exact) mass is 410 g/mol. The number of nitrogens with zero attached hydrogens (tertiary/aromatic N) is 1. The van der Waals surface area contributed by atoms with Crippen LogP contribution in [0.25, 0.3) is 0 Å². The van der Waals surface area contributed by atoms with Crippen LogP contribution in [0.5, 0.6) is 0 Å². The van der Waals surface area contributed by atoms with Crippen molar-refractivity contribution in [2.45, 2.75) is 39.7 Å². The lowest BCUT2D eigenvalue weighted by molar-refractivity contribution is -0.136. The molecule has 0 aromatic heterocycles. The lowest BCUT2D eigenvalue weighted by Gasteiger charge is -2.31. The summed E-state index contributed by atoms with van der Waals surface area (Å²) in [5.41, 5.74) is 1.68. The van der Waals surface area contributed by atoms with E-state index in [9.17, 15) is 22.8 Å². The van der Waals surface area contributed by atoms with Gasteiger partial charge >= 0.3 is 11.8 Å². The molecule has 0 saturated carbocycles. The Kier molecular flexibility index (Phi) is 7.14. The molecule has 0 unspecified atom stereocenters. The maximum atomic E-state index is 12.2. The van der Waals surface area contributed by atoms with Gasteiger partial charge in [0.25, 0.3) is 0 Å². The number of nitrogens with one attached hydrogen (secondary N) is 3. The van der Waals surface area contributed by atoms with Crippen molar-refractivity contribution in [1.29, 1.82) is 0 Å². The van der Waals surface area contributed by atoms with Gasteiger partial charge in [-0.3, -0.25) is 14.4 Å². The van der Waals surface area contributed by atoms with Gasteiger partial charge in [-0.2, -0.15) is 0 Å². The first-order valence-corrected chi connectivity index (χ1v) is 10.7. The minimum Gasteiger partial charge on any atom is -0.345 e. The molecule has 2 rings (SSSR count). The molecular formula is C18H26N4O5S. The van der Waals surface area contributed by atoms with Gasteiger partial charge in [0, 0.05) is 37.4 Å². The molecule has 1 aliphatic rings. The number of aryl methyl sites for hydroxylation is 1. The lowest BCUT2D eigenvalue weighted by Crippen LogP contribution is -2.49. The van der Waals surface area contributed by atoms with E-state index in [1.165, 1.54) is 11.2 Å². The van der Waals surface area contributed by atoms with Crippen LogP contribution in [-0.4, -0.2) is 55.3 Å². The van der Waals surface area contributed by atoms with Gasteiger partial charge in [-0.25, -0.2) is 12.7 Å². The molecule has 1 saturated heterocycles. The molecule has 1 aliphatic heterocycles. The number of sulfonamides is 1. The number of carbonyl (C=O) groups is 3. The summed E-state index contributed by atoms with van der Waals surface area (Å²) in [6.45, 7) is 5.38. The van der Waals surface area contributed by atoms with E-state index in [2.05, 4.69) is 16.0 Å². The van der Waals surface area contributed by atoms with Crippen molar-refractivity contribution in [3.63, 3.8) is 0 Å². The third kappa shape index (κ3) is 5.77. The van der Waals surface area contributed by atoms with Crippen molar-refractivity contribution >= 4 is 39.1 Å². The van der Waals surface area contributed by atoms with Crippen LogP contribution >= 0.6 is 0 Å². The predicted molar refractivity (Wildman–Crippen MR) is 106 cm³/mol. The number of piperidine rings is 1. The van der Waals surface area contributed by atoms with Gasteiger partial charge in [0.05, 0.1) is 5.75 Å². The van der Waals surface area contributed by atoms with Crippen LogP contribution in [0.3, 0.4) is 0 Å². The van der Waals surface area contributed by atoms with E-state index in [1.54, 1.807) is 32.0 Å². The van der Waals surface area contributed by atoms with E-state index >= 15 is 0 Å². The summed E-state index contributed by atoms with van der Waals surface area (Å²) in [7, 11) is -3.24. The fourth-order valence-corrected chi connectivity index (χ4v) is 4.06. The number of hydrogen-bond acceptors (Lipinski definition) is 5. The molecule has 0 spiro atoms. The van der Waals surface area contributed by atoms with E-state index < -0.39 is 21.8 Å². The van der Waals surface area contributed by atoms with E-state index in [-0.39, 0.29) is 17.7 Å². The van der Waals surface area contributed by atoms with Crippen LogP contribution in [0.2, 0.25) is 0 Å². The number of amides is 3. The molecule has 0 radical (unpaired) electrons. The fourth-order valence-electron chi connectivity index (χ4n) is 2.93. The van der Waals surface area contributed by atoms with Crippen LogP contribution in [0.15, 0.2) is 18.2 Å². The van der Waals surface area contributed by atoms with Gasteiger partial charge in [0.15, 0.2) is 0 Å². The van der Waals surface area contributed by atoms with Crippen LogP contribution in [-0.2, 0) is 24.4 Å². The Labute approximate surface area is 164 Å². The molecule has 3 amide bonds. The molecule has 0 aliphatic carbocycles. The summed E-state index contributed by atoms with van der Waals surface area (Å²) in [6, 6.07) is 4.75. The van der Waals surface area contributed by atoms with Crippen molar-refractivity contribution in [1.82, 2.24) is 9.62 Å². The predicted octanol–water partition coefficient (Wildman–Crippen LogP) is 0.822. The highest BCUT2D eigenvalue weighted by Crippen LogP contribution is 2.20. The van der Waals surface area contributed by atoms with Crippen LogP contribution in [0, 0.1) is 6.92 Å². The normalized spacial score (nSPS) is 15.7. The number of rotatable bonds is 5. The number of anilines is 2. The van der Waals surface area contributed by atoms with E-state index in [4.69, 9.17) is 0 Å². The summed E-state index contributed by atoms with van der Waals surface area (Å²) in [5.74, 6) is -1.79. The van der Waals surface area contributed by atoms with Gasteiger partial charge in [0.2, 0.25) is 15.9 Å². The summed E-state index contributed by atoms with van der Waals surface area (Å²) in [6.07, 6.45) is 0.907. The highest BCUT2D eigenvalue weighted by molar-refractivity contribution is 7.89. The molecule has 3 N–H and O–H groups in total. The highest BCUT2D eigenvalue weighted by Gasteiger charge is 2.28. The quantitative estimate of drug-likeness (QED) is 0.620. The van der Waals surface area contributed by atoms with Crippen LogP contribution < -0.4 is 16.0 Å². The molecule has 10 heteroatoms. The zero-order valence-corrected chi connectivity index (χ0v) is 17.1. The lowest BCUT2D eigenvalue weighted by atomic mass is 10.1. The molecule has 0 atom stereocenters. The minimum atomic E-state index is -3.24. The number of benzene rings is 1. The van der Waals surface area contributed by atoms with Crippen molar-refractivity contribution in [3.8, 4) is 0 Å². The first-order chi connectivity index (χ1) is 13.1. The zero-order valence-electron chi connectivity index (χ0n) is 16.2. The van der Waals surface area contributed by atoms with Crippen LogP contribution in [0.1, 0.15) is 32.3 Å². The largest absolute Gasteiger partial charge is 0.345 e. The summed E-state index contributed by atoms with van der Waals surface area (Å²) < 4.78 is 25.1. The van der Waals surface area contributed by atoms with Crippen LogP contribution in [0.4, 0.5) is 11.4 Å². The second-order valence-corrected chi connectivity index (χ2v) is 8.97. The fraction of sp³-hybridized carbons (Fsp3) is 0.500. The number of hydrogen-bond donors (Lipinski definition) is 3. The summed E-state index contributed by atoms with van der Waals surface area (Å²) in [4.78, 5) is 35.6. The van der Waals surface area contributed by atoms with Crippen molar-refractivity contribution in [3.05, 3.63) is 23.8 Å². The molecule has 1 aromatic carbocycles. The highest BCUT2D eigenvalue weighted by atomic mass is 32.2. The van der Waals surface area contributed by atoms with Gasteiger partial charge in [0.1, 0.15) is 0 Å². The van der Waals surface area contributed by atoms with Gasteiger partial charge in [-0.05, 0) is 44.4 Å². The Balaban J connectivity index is 1.92. The van der Waals surface area contributed by atoms with Crippen molar-refractivity contribution < 1.29 is 22.8 Å². The number of carbonyl (C=O) groups excluding carboxylic acids is 3. The molecule has 1 aromatic rings. The minimum absolute atomic E-state index is 0.0450. The topological polar surface area (TPSA) is 125 Å². The Bertz CT molecular complexity index is 861. The Morgan fingerprint density at radius 2 is 1.75 bits per heavy atom. The first kappa shape index (κ1) is 21.8. The molecular weight excluding hydrogens is 384 g/mol. The van der Waals surface area contributed by atoms with Crippen molar-refractivity contribution in [2.75, 3.05) is 29.5 Å². The second-order valence-electron chi connectivity index (χ2n) is 6.71. The standard InChI is InChI=1S/C18H26N4O5S/c1-4-28(26,27)22-9-7-14(8-10-22)20-17(24)18(25)21-16-11-15(19-13(3)23)6-5-12(16)2/h5-6,11,14H,4,7-10H2,1-3H3,(H,19,23)(H,20,24)(H,21,25). The Hall–Kier alpha value is -2.46. The maximum absolute atomic E-state index is 12.2. The molecule has 9 nitrogen and oxygen atoms in total. The molecule has 1 fully saturated rings. The average Bonchev–Trinajstić information content (AvgIpc) is 2.64. The van der Waals surface area contributed by atoms with Crippen molar-refractivity contribution in [2.24, 2.45) is 0 Å². The molecule has 154 valence electrons. The Morgan fingerprint density at radius 1 is 1.11 bits per heavy atom. The molecule has 1 heterocycles. The van der Waals surface area contributed by atoms with E-state index in [1.807, 2.05) is 0 Å². The molecule has 0 bridgehead atoms. The van der Waals surface area contributed by atoms with E-state index in [0.29, 0.717) is 37.3 Å². The van der Waals surface area contributed by atoms with E-state index in [0.717, 1.165) is 5.56 Å². The summed E-state index contributed by atoms with van der Waals surface area (Å²) >= 11 is 0. The smallest absolute Gasteiger partial charge is 0.313 e. The third-order valence-electron chi connectivity index (χ3n) is 4.56. The Morgan fingerprint density at radius 3 is 2.32 bits per heavy atom. The van der Waals surface area contributed by atoms with Gasteiger partial charge in [-0.1, -0.05) is 6.07 Å². The second kappa shape index (κ2) is 9.16. The van der Waals surface area contributed by atoms with Gasteiger partial charge in [-0.15, -0.1) is 0 Å². The van der Waals surface area contributed by atoms with Gasteiger partial charge < -0.3 is 16.0 Å². The third-order valence-corrected chi connectivity index (χ3v) is 6.44. The molecule has 28 heavy (non-hydrogen) atoms. The SMILES string of the molecule is CCS(=O)(=O)N1CCC(NC(=O)C(=O)Nc2cc(NC(C)=O)ccc2C)CC1. The average molecular weight is 410 g/mol. The first-order valence-electron chi connectivity index (χ1n) is 9.10. The zero-order chi connectivity index (χ0) is 20.9. The summed E-state index contributed by atoms with van der Waals surface area (Å²) in [5, 5.41) is 7.82. The maximum Gasteiger partial charge on any atom is 0.313 e.